The third-order valence-corrected chi connectivity index (χ3v) is 4.12. The van der Waals surface area contributed by atoms with Gasteiger partial charge in [0.15, 0.2) is 16.9 Å². The highest BCUT2D eigenvalue weighted by Gasteiger charge is 2.18. The average molecular weight is 378 g/mol. The Kier molecular flexibility index (Phi) is 5.09. The Balaban J connectivity index is 2.21. The van der Waals surface area contributed by atoms with E-state index in [0.717, 1.165) is 0 Å². The van der Waals surface area contributed by atoms with Crippen LogP contribution in [0.4, 0.5) is 5.69 Å². The lowest BCUT2D eigenvalue weighted by Crippen LogP contribution is -2.06. The van der Waals surface area contributed by atoms with Crippen LogP contribution in [0.5, 0.6) is 11.5 Å². The van der Waals surface area contributed by atoms with Crippen molar-refractivity contribution in [3.8, 4) is 17.6 Å². The number of para-hydroxylation sites is 1. The summed E-state index contributed by atoms with van der Waals surface area (Å²) in [6.07, 6.45) is 2.47. The Morgan fingerprint density at radius 3 is 2.54 bits per heavy atom. The van der Waals surface area contributed by atoms with E-state index in [0.29, 0.717) is 11.5 Å². The molecule has 0 saturated carbocycles. The number of nitro benzene ring substituents is 1. The Morgan fingerprint density at radius 2 is 1.89 bits per heavy atom. The van der Waals surface area contributed by atoms with E-state index < -0.39 is 10.4 Å². The first kappa shape index (κ1) is 18.7. The van der Waals surface area contributed by atoms with Gasteiger partial charge in [-0.15, -0.1) is 0 Å². The number of hydrogen-bond donors (Lipinski definition) is 0. The van der Waals surface area contributed by atoms with Gasteiger partial charge in [-0.1, -0.05) is 12.1 Å². The number of rotatable bonds is 5. The SMILES string of the molecule is COc1cc2occ(/C=C(\C#N)c3ccccc3[N+](=O)[O-])c(=O)c2cc1OC. The van der Waals surface area contributed by atoms with Crippen LogP contribution < -0.4 is 14.9 Å². The van der Waals surface area contributed by atoms with Gasteiger partial charge < -0.3 is 13.9 Å². The summed E-state index contributed by atoms with van der Waals surface area (Å²) in [5.41, 5.74) is -0.194. The maximum absolute atomic E-state index is 12.9. The summed E-state index contributed by atoms with van der Waals surface area (Å²) in [6.45, 7) is 0. The van der Waals surface area contributed by atoms with Crippen LogP contribution in [0.25, 0.3) is 22.6 Å². The molecule has 0 spiro atoms. The highest BCUT2D eigenvalue weighted by Crippen LogP contribution is 2.32. The van der Waals surface area contributed by atoms with Crippen molar-refractivity contribution in [3.63, 3.8) is 0 Å². The lowest BCUT2D eigenvalue weighted by atomic mass is 10.0. The highest BCUT2D eigenvalue weighted by molar-refractivity contribution is 5.93. The minimum Gasteiger partial charge on any atom is -0.493 e. The molecule has 3 aromatic rings. The van der Waals surface area contributed by atoms with Gasteiger partial charge in [0.25, 0.3) is 5.69 Å². The van der Waals surface area contributed by atoms with Crippen molar-refractivity contribution in [1.82, 2.24) is 0 Å². The fourth-order valence-corrected chi connectivity index (χ4v) is 2.76. The van der Waals surface area contributed by atoms with Crippen molar-refractivity contribution in [2.75, 3.05) is 14.2 Å². The van der Waals surface area contributed by atoms with Crippen molar-refractivity contribution in [2.24, 2.45) is 0 Å². The molecule has 0 atom stereocenters. The highest BCUT2D eigenvalue weighted by atomic mass is 16.6. The molecule has 0 saturated heterocycles. The summed E-state index contributed by atoms with van der Waals surface area (Å²) < 4.78 is 15.9. The molecule has 1 heterocycles. The molecule has 140 valence electrons. The van der Waals surface area contributed by atoms with Crippen LogP contribution in [0.2, 0.25) is 0 Å². The van der Waals surface area contributed by atoms with Gasteiger partial charge in [-0.3, -0.25) is 14.9 Å². The fourth-order valence-electron chi connectivity index (χ4n) is 2.76. The normalized spacial score (nSPS) is 11.1. The first-order chi connectivity index (χ1) is 13.5. The Bertz CT molecular complexity index is 1200. The zero-order chi connectivity index (χ0) is 20.3. The van der Waals surface area contributed by atoms with Crippen LogP contribution in [-0.2, 0) is 0 Å². The number of nitriles is 1. The number of methoxy groups -OCH3 is 2. The predicted octanol–water partition coefficient (Wildman–Crippen LogP) is 3.78. The molecule has 0 radical (unpaired) electrons. The number of nitrogens with zero attached hydrogens (tertiary/aromatic N) is 2. The largest absolute Gasteiger partial charge is 0.493 e. The van der Waals surface area contributed by atoms with E-state index in [-0.39, 0.29) is 33.4 Å². The van der Waals surface area contributed by atoms with Crippen LogP contribution >= 0.6 is 0 Å². The lowest BCUT2D eigenvalue weighted by Gasteiger charge is -2.08. The van der Waals surface area contributed by atoms with Crippen LogP contribution in [0.15, 0.2) is 51.9 Å². The monoisotopic (exact) mass is 378 g/mol. The molecule has 8 nitrogen and oxygen atoms in total. The first-order valence-corrected chi connectivity index (χ1v) is 8.03. The van der Waals surface area contributed by atoms with Crippen molar-refractivity contribution in [1.29, 1.82) is 5.26 Å². The second-order valence-electron chi connectivity index (χ2n) is 5.67. The summed E-state index contributed by atoms with van der Waals surface area (Å²) in [6, 6.07) is 10.7. The van der Waals surface area contributed by atoms with Crippen molar-refractivity contribution in [3.05, 3.63) is 74.1 Å². The molecular formula is C20H14N2O6. The van der Waals surface area contributed by atoms with Crippen LogP contribution in [0.3, 0.4) is 0 Å². The van der Waals surface area contributed by atoms with E-state index >= 15 is 0 Å². The summed E-state index contributed by atoms with van der Waals surface area (Å²) in [5, 5.41) is 20.9. The molecule has 1 aromatic heterocycles. The number of nitro groups is 1. The standard InChI is InChI=1S/C20H14N2O6/c1-26-18-8-15-17(9-19(18)27-2)28-11-13(20(15)23)7-12(10-21)14-5-3-4-6-16(14)22(24)25/h3-9,11H,1-2H3/b12-7+. The van der Waals surface area contributed by atoms with E-state index in [1.54, 1.807) is 6.07 Å². The zero-order valence-electron chi connectivity index (χ0n) is 15.0. The molecule has 0 bridgehead atoms. The van der Waals surface area contributed by atoms with Gasteiger partial charge in [0.05, 0.1) is 41.2 Å². The summed E-state index contributed by atoms with van der Waals surface area (Å²) in [4.78, 5) is 23.5. The predicted molar refractivity (Wildman–Crippen MR) is 102 cm³/mol. The van der Waals surface area contributed by atoms with E-state index in [9.17, 15) is 20.2 Å². The van der Waals surface area contributed by atoms with Gasteiger partial charge in [0.2, 0.25) is 0 Å². The van der Waals surface area contributed by atoms with Gasteiger partial charge in [0, 0.05) is 12.1 Å². The molecule has 0 fully saturated rings. The first-order valence-electron chi connectivity index (χ1n) is 8.03. The quantitative estimate of drug-likeness (QED) is 0.377. The van der Waals surface area contributed by atoms with Crippen molar-refractivity contribution in [2.45, 2.75) is 0 Å². The molecule has 3 rings (SSSR count). The zero-order valence-corrected chi connectivity index (χ0v) is 15.0. The van der Waals surface area contributed by atoms with Gasteiger partial charge in [-0.2, -0.15) is 5.26 Å². The van der Waals surface area contributed by atoms with E-state index in [2.05, 4.69) is 0 Å². The molecule has 8 heteroatoms. The van der Waals surface area contributed by atoms with Gasteiger partial charge in [-0.05, 0) is 18.2 Å². The smallest absolute Gasteiger partial charge is 0.277 e. The lowest BCUT2D eigenvalue weighted by molar-refractivity contribution is -0.385. The van der Waals surface area contributed by atoms with E-state index in [1.165, 1.54) is 56.9 Å². The average Bonchev–Trinajstić information content (AvgIpc) is 2.72. The number of ether oxygens (including phenoxy) is 2. The Hall–Kier alpha value is -4.12. The molecule has 2 aromatic carbocycles. The second kappa shape index (κ2) is 7.63. The molecule has 0 unspecified atom stereocenters. The summed E-state index contributed by atoms with van der Waals surface area (Å²) in [5.74, 6) is 0.752. The van der Waals surface area contributed by atoms with E-state index in [4.69, 9.17) is 13.9 Å². The van der Waals surface area contributed by atoms with Gasteiger partial charge in [-0.25, -0.2) is 0 Å². The van der Waals surface area contributed by atoms with Gasteiger partial charge in [0.1, 0.15) is 17.9 Å². The van der Waals surface area contributed by atoms with Crippen molar-refractivity contribution >= 4 is 28.3 Å². The number of hydrogen-bond acceptors (Lipinski definition) is 7. The molecule has 0 aliphatic carbocycles. The minimum atomic E-state index is -0.583. The van der Waals surface area contributed by atoms with E-state index in [1.807, 2.05) is 6.07 Å². The molecular weight excluding hydrogens is 364 g/mol. The summed E-state index contributed by atoms with van der Waals surface area (Å²) in [7, 11) is 2.91. The molecule has 28 heavy (non-hydrogen) atoms. The fraction of sp³-hybridized carbons (Fsp3) is 0.100. The third-order valence-electron chi connectivity index (χ3n) is 4.12. The molecule has 0 amide bonds. The third kappa shape index (κ3) is 3.29. The second-order valence-corrected chi connectivity index (χ2v) is 5.67. The number of benzene rings is 2. The minimum absolute atomic E-state index is 0.0283. The Labute approximate surface area is 159 Å². The molecule has 0 aliphatic heterocycles. The maximum Gasteiger partial charge on any atom is 0.277 e. The molecule has 0 N–H and O–H groups in total. The van der Waals surface area contributed by atoms with Crippen LogP contribution in [0.1, 0.15) is 11.1 Å². The van der Waals surface area contributed by atoms with Crippen LogP contribution in [0, 0.1) is 21.4 Å². The van der Waals surface area contributed by atoms with Crippen LogP contribution in [-0.4, -0.2) is 19.1 Å². The summed E-state index contributed by atoms with van der Waals surface area (Å²) >= 11 is 0. The molecule has 0 aliphatic rings. The number of allylic oxidation sites excluding steroid dienone is 1. The topological polar surface area (TPSA) is 116 Å². The Morgan fingerprint density at radius 1 is 1.21 bits per heavy atom. The van der Waals surface area contributed by atoms with Gasteiger partial charge >= 0.3 is 0 Å². The van der Waals surface area contributed by atoms with Crippen molar-refractivity contribution < 1.29 is 18.8 Å². The maximum atomic E-state index is 12.9. The number of fused-ring (bicyclic) bond motifs is 1.